The van der Waals surface area contributed by atoms with Crippen LogP contribution in [0.5, 0.6) is 6.01 Å². The first-order chi connectivity index (χ1) is 12.4. The van der Waals surface area contributed by atoms with Crippen LogP contribution in [0.4, 0.5) is 0 Å². The Morgan fingerprint density at radius 2 is 1.96 bits per heavy atom. The number of hydrogen-bond donors (Lipinski definition) is 2. The normalized spacial score (nSPS) is 38.9. The van der Waals surface area contributed by atoms with Gasteiger partial charge in [0, 0.05) is 17.7 Å². The van der Waals surface area contributed by atoms with Gasteiger partial charge in [-0.3, -0.25) is 4.79 Å². The lowest BCUT2D eigenvalue weighted by Gasteiger charge is -2.58. The lowest BCUT2D eigenvalue weighted by Crippen LogP contribution is -2.61. The van der Waals surface area contributed by atoms with Gasteiger partial charge in [-0.15, -0.1) is 0 Å². The van der Waals surface area contributed by atoms with E-state index in [1.165, 1.54) is 0 Å². The van der Waals surface area contributed by atoms with E-state index in [-0.39, 0.29) is 17.4 Å². The summed E-state index contributed by atoms with van der Waals surface area (Å²) >= 11 is 0. The lowest BCUT2D eigenvalue weighted by molar-refractivity contribution is -0.136. The van der Waals surface area contributed by atoms with E-state index < -0.39 is 5.60 Å². The number of nitrogens with one attached hydrogen (secondary N) is 1. The van der Waals surface area contributed by atoms with E-state index in [1.54, 1.807) is 13.3 Å². The summed E-state index contributed by atoms with van der Waals surface area (Å²) in [5.41, 5.74) is 0.873. The van der Waals surface area contributed by atoms with E-state index in [2.05, 4.69) is 22.2 Å². The molecule has 0 aromatic carbocycles. The predicted octanol–water partition coefficient (Wildman–Crippen LogP) is 2.21. The van der Waals surface area contributed by atoms with E-state index in [0.29, 0.717) is 29.3 Å². The molecule has 2 unspecified atom stereocenters. The molecular weight excluding hydrogens is 330 g/mol. The molecule has 6 rings (SSSR count). The molecule has 5 aliphatic rings. The van der Waals surface area contributed by atoms with Crippen LogP contribution in [0.2, 0.25) is 0 Å². The molecule has 5 fully saturated rings. The molecule has 140 valence electrons. The van der Waals surface area contributed by atoms with Crippen molar-refractivity contribution in [1.82, 2.24) is 15.3 Å². The van der Waals surface area contributed by atoms with E-state index in [1.807, 2.05) is 0 Å². The minimum absolute atomic E-state index is 0.0396. The van der Waals surface area contributed by atoms with Gasteiger partial charge in [-0.25, -0.2) is 4.98 Å². The molecule has 26 heavy (non-hydrogen) atoms. The van der Waals surface area contributed by atoms with Crippen molar-refractivity contribution in [3.05, 3.63) is 17.5 Å². The molecule has 1 aromatic heterocycles. The third-order valence-electron chi connectivity index (χ3n) is 7.30. The first kappa shape index (κ1) is 16.5. The Morgan fingerprint density at radius 3 is 2.54 bits per heavy atom. The zero-order chi connectivity index (χ0) is 18.1. The maximum absolute atomic E-state index is 13.1. The molecule has 2 N–H and O–H groups in total. The average molecular weight is 357 g/mol. The van der Waals surface area contributed by atoms with Crippen LogP contribution < -0.4 is 10.1 Å². The first-order valence-corrected chi connectivity index (χ1v) is 9.84. The molecule has 4 bridgehead atoms. The Balaban J connectivity index is 1.40. The van der Waals surface area contributed by atoms with Crippen molar-refractivity contribution in [3.8, 4) is 6.01 Å². The number of carbonyl (C=O) groups is 1. The molecular formula is C20H27N3O3. The standard InChI is InChI=1S/C20H27N3O3/c1-19(3-4-19)16-14(10-21-18(23-16)26-2)17(24)22-15-12-5-11-6-13(15)9-20(25,7-11)8-12/h10-13,15,25H,3-9H2,1-2H3,(H,22,24)/t11?,12?,13?,15-,20+. The number of amides is 1. The van der Waals surface area contributed by atoms with Crippen molar-refractivity contribution in [1.29, 1.82) is 0 Å². The zero-order valence-electron chi connectivity index (χ0n) is 15.5. The van der Waals surface area contributed by atoms with Gasteiger partial charge in [-0.1, -0.05) is 6.92 Å². The van der Waals surface area contributed by atoms with Crippen molar-refractivity contribution >= 4 is 5.91 Å². The molecule has 0 saturated heterocycles. The predicted molar refractivity (Wildman–Crippen MR) is 94.9 cm³/mol. The molecule has 0 radical (unpaired) electrons. The van der Waals surface area contributed by atoms with Crippen LogP contribution in [0, 0.1) is 17.8 Å². The van der Waals surface area contributed by atoms with Crippen molar-refractivity contribution < 1.29 is 14.6 Å². The van der Waals surface area contributed by atoms with Crippen molar-refractivity contribution in [2.45, 2.75) is 68.9 Å². The highest BCUT2D eigenvalue weighted by Crippen LogP contribution is 2.55. The van der Waals surface area contributed by atoms with Gasteiger partial charge < -0.3 is 15.2 Å². The van der Waals surface area contributed by atoms with Crippen LogP contribution in [0.15, 0.2) is 6.20 Å². The summed E-state index contributed by atoms with van der Waals surface area (Å²) in [4.78, 5) is 21.8. The summed E-state index contributed by atoms with van der Waals surface area (Å²) in [6, 6.07) is 0.489. The van der Waals surface area contributed by atoms with Crippen LogP contribution in [0.25, 0.3) is 0 Å². The molecule has 1 aromatic rings. The molecule has 5 aliphatic carbocycles. The van der Waals surface area contributed by atoms with Gasteiger partial charge in [0.25, 0.3) is 5.91 Å². The van der Waals surface area contributed by atoms with Gasteiger partial charge in [0.1, 0.15) is 0 Å². The van der Waals surface area contributed by atoms with Gasteiger partial charge in [0.05, 0.1) is 24.0 Å². The third kappa shape index (κ3) is 2.53. The lowest BCUT2D eigenvalue weighted by atomic mass is 9.52. The smallest absolute Gasteiger partial charge is 0.316 e. The van der Waals surface area contributed by atoms with Gasteiger partial charge >= 0.3 is 6.01 Å². The third-order valence-corrected chi connectivity index (χ3v) is 7.30. The fourth-order valence-corrected chi connectivity index (χ4v) is 5.96. The molecule has 6 nitrogen and oxygen atoms in total. The van der Waals surface area contributed by atoms with E-state index in [9.17, 15) is 9.90 Å². The molecule has 6 heteroatoms. The number of hydrogen-bond acceptors (Lipinski definition) is 5. The van der Waals surface area contributed by atoms with Crippen molar-refractivity contribution in [3.63, 3.8) is 0 Å². The highest BCUT2D eigenvalue weighted by Gasteiger charge is 2.55. The Bertz CT molecular complexity index is 745. The zero-order valence-corrected chi connectivity index (χ0v) is 15.5. The Kier molecular flexibility index (Phi) is 3.43. The number of carbonyl (C=O) groups excluding carboxylic acids is 1. The Morgan fingerprint density at radius 1 is 1.27 bits per heavy atom. The molecule has 1 heterocycles. The number of methoxy groups -OCH3 is 1. The minimum atomic E-state index is -0.479. The van der Waals surface area contributed by atoms with Gasteiger partial charge in [0.2, 0.25) is 0 Å². The summed E-state index contributed by atoms with van der Waals surface area (Å²) in [5.74, 6) is 1.36. The van der Waals surface area contributed by atoms with Gasteiger partial charge in [-0.05, 0) is 62.7 Å². The van der Waals surface area contributed by atoms with Gasteiger partial charge in [0.15, 0.2) is 0 Å². The number of rotatable bonds is 4. The second-order valence-electron chi connectivity index (χ2n) is 9.37. The fraction of sp³-hybridized carbons (Fsp3) is 0.750. The highest BCUT2D eigenvalue weighted by atomic mass is 16.5. The van der Waals surface area contributed by atoms with Crippen LogP contribution >= 0.6 is 0 Å². The van der Waals surface area contributed by atoms with Crippen molar-refractivity contribution in [2.75, 3.05) is 7.11 Å². The quantitative estimate of drug-likeness (QED) is 0.863. The second-order valence-corrected chi connectivity index (χ2v) is 9.37. The van der Waals surface area contributed by atoms with Crippen molar-refractivity contribution in [2.24, 2.45) is 17.8 Å². The van der Waals surface area contributed by atoms with E-state index in [0.717, 1.165) is 50.6 Å². The summed E-state index contributed by atoms with van der Waals surface area (Å²) in [7, 11) is 1.55. The largest absolute Gasteiger partial charge is 0.467 e. The molecule has 1 amide bonds. The van der Waals surface area contributed by atoms with Crippen LogP contribution in [0.1, 0.15) is 67.9 Å². The summed E-state index contributed by atoms with van der Waals surface area (Å²) in [6.45, 7) is 2.14. The van der Waals surface area contributed by atoms with Crippen LogP contribution in [-0.2, 0) is 5.41 Å². The van der Waals surface area contributed by atoms with Crippen LogP contribution in [0.3, 0.4) is 0 Å². The average Bonchev–Trinajstić information content (AvgIpc) is 3.34. The minimum Gasteiger partial charge on any atom is -0.467 e. The number of aromatic nitrogens is 2. The van der Waals surface area contributed by atoms with Gasteiger partial charge in [-0.2, -0.15) is 4.98 Å². The first-order valence-electron chi connectivity index (χ1n) is 9.84. The highest BCUT2D eigenvalue weighted by molar-refractivity contribution is 5.95. The van der Waals surface area contributed by atoms with Crippen LogP contribution in [-0.4, -0.2) is 39.7 Å². The molecule has 2 atom stereocenters. The maximum atomic E-state index is 13.1. The molecule has 5 saturated carbocycles. The summed E-state index contributed by atoms with van der Waals surface area (Å²) in [6.07, 6.45) is 8.57. The SMILES string of the molecule is COc1ncc(C(=O)N[C@H]2C3CC4CC2C[C@@](O)(C4)C3)c(C2(C)CC2)n1. The summed E-state index contributed by atoms with van der Waals surface area (Å²) < 4.78 is 5.17. The second kappa shape index (κ2) is 5.41. The Hall–Kier alpha value is -1.69. The topological polar surface area (TPSA) is 84.3 Å². The Labute approximate surface area is 153 Å². The van der Waals surface area contributed by atoms with E-state index in [4.69, 9.17) is 4.74 Å². The molecule has 0 aliphatic heterocycles. The van der Waals surface area contributed by atoms with E-state index >= 15 is 0 Å². The number of ether oxygens (including phenoxy) is 1. The number of nitrogens with zero attached hydrogens (tertiary/aromatic N) is 2. The molecule has 0 spiro atoms. The number of aliphatic hydroxyl groups is 1. The maximum Gasteiger partial charge on any atom is 0.316 e. The summed E-state index contributed by atoms with van der Waals surface area (Å²) in [5, 5.41) is 14.0. The monoisotopic (exact) mass is 357 g/mol. The fourth-order valence-electron chi connectivity index (χ4n) is 5.96.